The lowest BCUT2D eigenvalue weighted by atomic mass is 9.70. The number of hydrogen-bond donors (Lipinski definition) is 1. The Kier molecular flexibility index (Phi) is 2.65. The highest BCUT2D eigenvalue weighted by Gasteiger charge is 2.53. The van der Waals surface area contributed by atoms with Gasteiger partial charge in [-0.15, -0.1) is 0 Å². The van der Waals surface area contributed by atoms with E-state index in [1.165, 1.54) is 0 Å². The van der Waals surface area contributed by atoms with Crippen LogP contribution in [0.25, 0.3) is 0 Å². The lowest BCUT2D eigenvalue weighted by Gasteiger charge is -2.58. The first-order valence-corrected chi connectivity index (χ1v) is 6.02. The third-order valence-corrected chi connectivity index (χ3v) is 3.46. The minimum atomic E-state index is -0.393. The van der Waals surface area contributed by atoms with Gasteiger partial charge in [0.25, 0.3) is 0 Å². The van der Waals surface area contributed by atoms with Gasteiger partial charge in [-0.25, -0.2) is 4.79 Å². The maximum Gasteiger partial charge on any atom is 0.410 e. The molecular weight excluding hydrogens is 204 g/mol. The monoisotopic (exact) mass is 226 g/mol. The largest absolute Gasteiger partial charge is 0.444 e. The zero-order valence-corrected chi connectivity index (χ0v) is 10.7. The van der Waals surface area contributed by atoms with Crippen molar-refractivity contribution in [2.75, 3.05) is 19.6 Å². The first-order chi connectivity index (χ1) is 7.32. The zero-order chi connectivity index (χ0) is 12.0. The average molecular weight is 226 g/mol. The van der Waals surface area contributed by atoms with E-state index in [9.17, 15) is 4.79 Å². The van der Waals surface area contributed by atoms with E-state index in [0.717, 1.165) is 26.1 Å². The molecule has 0 saturated carbocycles. The van der Waals surface area contributed by atoms with Gasteiger partial charge in [-0.1, -0.05) is 6.92 Å². The maximum atomic E-state index is 11.9. The van der Waals surface area contributed by atoms with Crippen LogP contribution in [-0.4, -0.2) is 42.3 Å². The van der Waals surface area contributed by atoms with E-state index in [1.807, 2.05) is 25.7 Å². The van der Waals surface area contributed by atoms with E-state index in [1.54, 1.807) is 0 Å². The maximum absolute atomic E-state index is 11.9. The molecule has 2 rings (SSSR count). The average Bonchev–Trinajstić information content (AvgIpc) is 2.09. The van der Waals surface area contributed by atoms with Gasteiger partial charge in [-0.05, 0) is 33.7 Å². The quantitative estimate of drug-likeness (QED) is 0.682. The third-order valence-electron chi connectivity index (χ3n) is 3.46. The molecule has 0 aliphatic carbocycles. The first kappa shape index (κ1) is 11.7. The van der Waals surface area contributed by atoms with Gasteiger partial charge in [0.15, 0.2) is 0 Å². The highest BCUT2D eigenvalue weighted by Crippen LogP contribution is 2.41. The van der Waals surface area contributed by atoms with Gasteiger partial charge in [0.05, 0.1) is 0 Å². The molecule has 2 aliphatic heterocycles. The molecule has 0 bridgehead atoms. The Bertz CT molecular complexity index is 298. The summed E-state index contributed by atoms with van der Waals surface area (Å²) in [5, 5.41) is 3.39. The van der Waals surface area contributed by atoms with Crippen LogP contribution in [0.15, 0.2) is 0 Å². The Morgan fingerprint density at radius 2 is 2.19 bits per heavy atom. The summed E-state index contributed by atoms with van der Waals surface area (Å²) >= 11 is 0. The van der Waals surface area contributed by atoms with Gasteiger partial charge in [0.1, 0.15) is 5.60 Å². The summed E-state index contributed by atoms with van der Waals surface area (Å²) in [5.74, 6) is 0. The second kappa shape index (κ2) is 3.62. The first-order valence-electron chi connectivity index (χ1n) is 6.02. The van der Waals surface area contributed by atoms with Crippen LogP contribution in [0, 0.1) is 5.41 Å². The Labute approximate surface area is 97.3 Å². The molecule has 2 aliphatic rings. The van der Waals surface area contributed by atoms with Crippen molar-refractivity contribution in [1.29, 1.82) is 0 Å². The predicted octanol–water partition coefficient (Wildman–Crippen LogP) is 1.61. The van der Waals surface area contributed by atoms with Crippen molar-refractivity contribution in [3.05, 3.63) is 0 Å². The molecule has 0 aromatic rings. The minimum Gasteiger partial charge on any atom is -0.444 e. The number of hydrogen-bond acceptors (Lipinski definition) is 3. The molecule has 4 nitrogen and oxygen atoms in total. The predicted molar refractivity (Wildman–Crippen MR) is 62.3 cm³/mol. The Morgan fingerprint density at radius 1 is 1.50 bits per heavy atom. The molecule has 0 aromatic carbocycles. The fourth-order valence-corrected chi connectivity index (χ4v) is 2.67. The highest BCUT2D eigenvalue weighted by atomic mass is 16.6. The summed E-state index contributed by atoms with van der Waals surface area (Å²) in [4.78, 5) is 13.8. The van der Waals surface area contributed by atoms with Gasteiger partial charge in [-0.2, -0.15) is 0 Å². The van der Waals surface area contributed by atoms with E-state index >= 15 is 0 Å². The van der Waals surface area contributed by atoms with Gasteiger partial charge in [0.2, 0.25) is 0 Å². The SMILES string of the molecule is CC(C)(C)OC(=O)N1C[C@@]2(C)CNCC[C@@H]12. The van der Waals surface area contributed by atoms with E-state index in [4.69, 9.17) is 4.74 Å². The van der Waals surface area contributed by atoms with Crippen LogP contribution in [0.2, 0.25) is 0 Å². The van der Waals surface area contributed by atoms with Crippen LogP contribution in [0.1, 0.15) is 34.1 Å². The van der Waals surface area contributed by atoms with Crippen molar-refractivity contribution < 1.29 is 9.53 Å². The summed E-state index contributed by atoms with van der Waals surface area (Å²) in [5.41, 5.74) is -0.134. The lowest BCUT2D eigenvalue weighted by Crippen LogP contribution is -2.71. The molecule has 92 valence electrons. The Hall–Kier alpha value is -0.770. The van der Waals surface area contributed by atoms with Crippen molar-refractivity contribution in [2.45, 2.75) is 45.8 Å². The summed E-state index contributed by atoms with van der Waals surface area (Å²) < 4.78 is 5.40. The summed E-state index contributed by atoms with van der Waals surface area (Å²) in [6.07, 6.45) is 0.882. The van der Waals surface area contributed by atoms with Gasteiger partial charge >= 0.3 is 6.09 Å². The van der Waals surface area contributed by atoms with Crippen LogP contribution >= 0.6 is 0 Å². The molecular formula is C12H22N2O2. The van der Waals surface area contributed by atoms with Crippen LogP contribution in [-0.2, 0) is 4.74 Å². The minimum absolute atomic E-state index is 0.156. The number of likely N-dealkylation sites (tertiary alicyclic amines) is 1. The molecule has 1 amide bonds. The van der Waals surface area contributed by atoms with Crippen LogP contribution in [0.4, 0.5) is 4.79 Å². The van der Waals surface area contributed by atoms with E-state index < -0.39 is 5.60 Å². The highest BCUT2D eigenvalue weighted by molar-refractivity contribution is 5.70. The van der Waals surface area contributed by atoms with Gasteiger partial charge < -0.3 is 15.0 Å². The Balaban J connectivity index is 1.96. The second-order valence-electron chi connectivity index (χ2n) is 6.24. The molecule has 2 atom stereocenters. The fourth-order valence-electron chi connectivity index (χ4n) is 2.67. The van der Waals surface area contributed by atoms with Crippen molar-refractivity contribution in [3.63, 3.8) is 0 Å². The molecule has 0 aromatic heterocycles. The third kappa shape index (κ3) is 2.03. The zero-order valence-electron chi connectivity index (χ0n) is 10.7. The summed E-state index contributed by atoms with van der Waals surface area (Å²) in [7, 11) is 0. The molecule has 0 radical (unpaired) electrons. The summed E-state index contributed by atoms with van der Waals surface area (Å²) in [6.45, 7) is 10.8. The van der Waals surface area contributed by atoms with E-state index in [0.29, 0.717) is 6.04 Å². The Morgan fingerprint density at radius 3 is 2.75 bits per heavy atom. The number of nitrogens with zero attached hydrogens (tertiary/aromatic N) is 1. The molecule has 2 heterocycles. The number of carbonyl (C=O) groups is 1. The standard InChI is InChI=1S/C12H22N2O2/c1-11(2,3)16-10(15)14-8-12(4)7-13-6-5-9(12)14/h9,13H,5-8H2,1-4H3/t9-,12-/m1/s1. The van der Waals surface area contributed by atoms with Crippen molar-refractivity contribution in [3.8, 4) is 0 Å². The normalized spacial score (nSPS) is 34.0. The van der Waals surface area contributed by atoms with Gasteiger partial charge in [-0.3, -0.25) is 0 Å². The molecule has 0 spiro atoms. The number of rotatable bonds is 0. The van der Waals surface area contributed by atoms with Gasteiger partial charge in [0, 0.05) is 24.5 Å². The van der Waals surface area contributed by atoms with E-state index in [2.05, 4.69) is 12.2 Å². The molecule has 2 fully saturated rings. The van der Waals surface area contributed by atoms with Crippen LogP contribution in [0.5, 0.6) is 0 Å². The number of nitrogens with one attached hydrogen (secondary N) is 1. The number of ether oxygens (including phenoxy) is 1. The lowest BCUT2D eigenvalue weighted by molar-refractivity contribution is -0.0841. The molecule has 4 heteroatoms. The van der Waals surface area contributed by atoms with E-state index in [-0.39, 0.29) is 11.5 Å². The number of fused-ring (bicyclic) bond motifs is 1. The smallest absolute Gasteiger partial charge is 0.410 e. The fraction of sp³-hybridized carbons (Fsp3) is 0.917. The number of piperidine rings is 1. The topological polar surface area (TPSA) is 41.6 Å². The van der Waals surface area contributed by atoms with Crippen LogP contribution in [0.3, 0.4) is 0 Å². The number of amides is 1. The van der Waals surface area contributed by atoms with Crippen LogP contribution < -0.4 is 5.32 Å². The molecule has 2 saturated heterocycles. The number of carbonyl (C=O) groups excluding carboxylic acids is 1. The van der Waals surface area contributed by atoms with Crippen molar-refractivity contribution >= 4 is 6.09 Å². The van der Waals surface area contributed by atoms with Crippen molar-refractivity contribution in [1.82, 2.24) is 10.2 Å². The summed E-state index contributed by atoms with van der Waals surface area (Å²) in [6, 6.07) is 0.364. The second-order valence-corrected chi connectivity index (χ2v) is 6.24. The van der Waals surface area contributed by atoms with Crippen molar-refractivity contribution in [2.24, 2.45) is 5.41 Å². The molecule has 0 unspecified atom stereocenters. The molecule has 16 heavy (non-hydrogen) atoms. The molecule has 1 N–H and O–H groups in total.